The van der Waals surface area contributed by atoms with Crippen LogP contribution >= 0.6 is 11.6 Å². The van der Waals surface area contributed by atoms with E-state index >= 15 is 0 Å². The van der Waals surface area contributed by atoms with Crippen molar-refractivity contribution in [3.8, 4) is 0 Å². The van der Waals surface area contributed by atoms with Crippen molar-refractivity contribution < 1.29 is 14.1 Å². The van der Waals surface area contributed by atoms with Crippen LogP contribution in [-0.4, -0.2) is 41.9 Å². The van der Waals surface area contributed by atoms with Gasteiger partial charge in [-0.25, -0.2) is 4.39 Å². The van der Waals surface area contributed by atoms with Gasteiger partial charge in [0, 0.05) is 32.2 Å². The van der Waals surface area contributed by atoms with Crippen LogP contribution in [0.25, 0.3) is 0 Å². The minimum Gasteiger partial charge on any atom is -0.362 e. The molecule has 130 valence electrons. The molecule has 6 nitrogen and oxygen atoms in total. The summed E-state index contributed by atoms with van der Waals surface area (Å²) in [6, 6.07) is 10.6. The van der Waals surface area contributed by atoms with Gasteiger partial charge in [-0.2, -0.15) is 0 Å². The van der Waals surface area contributed by atoms with E-state index in [0.29, 0.717) is 31.9 Å². The maximum absolute atomic E-state index is 13.9. The van der Waals surface area contributed by atoms with Gasteiger partial charge in [0.05, 0.1) is 15.5 Å². The predicted molar refractivity (Wildman–Crippen MR) is 92.6 cm³/mol. The van der Waals surface area contributed by atoms with Crippen molar-refractivity contribution in [2.45, 2.75) is 0 Å². The van der Waals surface area contributed by atoms with E-state index in [4.69, 9.17) is 11.6 Å². The van der Waals surface area contributed by atoms with Gasteiger partial charge in [-0.1, -0.05) is 29.8 Å². The third kappa shape index (κ3) is 3.41. The summed E-state index contributed by atoms with van der Waals surface area (Å²) in [5.41, 5.74) is 0.409. The van der Waals surface area contributed by atoms with Gasteiger partial charge >= 0.3 is 0 Å². The van der Waals surface area contributed by atoms with Crippen LogP contribution < -0.4 is 4.90 Å². The quantitative estimate of drug-likeness (QED) is 0.619. The molecule has 2 aromatic rings. The summed E-state index contributed by atoms with van der Waals surface area (Å²) in [6.45, 7) is 1.50. The molecule has 0 spiro atoms. The third-order valence-electron chi connectivity index (χ3n) is 4.16. The minimum absolute atomic E-state index is 0.0272. The van der Waals surface area contributed by atoms with Gasteiger partial charge in [-0.3, -0.25) is 14.9 Å². The molecule has 2 aromatic carbocycles. The second-order valence-electron chi connectivity index (χ2n) is 5.62. The Labute approximate surface area is 148 Å². The Hall–Kier alpha value is -2.67. The molecule has 0 radical (unpaired) electrons. The van der Waals surface area contributed by atoms with Gasteiger partial charge in [0.25, 0.3) is 11.6 Å². The van der Waals surface area contributed by atoms with E-state index in [1.807, 2.05) is 4.90 Å². The number of anilines is 1. The van der Waals surface area contributed by atoms with Crippen LogP contribution in [0.2, 0.25) is 5.02 Å². The number of piperazine rings is 1. The van der Waals surface area contributed by atoms with Crippen molar-refractivity contribution in [3.05, 3.63) is 69.0 Å². The Morgan fingerprint density at radius 3 is 2.40 bits per heavy atom. The predicted octanol–water partition coefficient (Wildman–Crippen LogP) is 3.35. The lowest BCUT2D eigenvalue weighted by Crippen LogP contribution is -2.49. The number of benzene rings is 2. The zero-order valence-corrected chi connectivity index (χ0v) is 13.9. The number of carbonyl (C=O) groups excluding carboxylic acids is 1. The van der Waals surface area contributed by atoms with Crippen LogP contribution in [0.15, 0.2) is 42.5 Å². The number of hydrogen-bond acceptors (Lipinski definition) is 4. The molecule has 8 heteroatoms. The van der Waals surface area contributed by atoms with Crippen molar-refractivity contribution >= 4 is 28.9 Å². The van der Waals surface area contributed by atoms with Gasteiger partial charge in [0.15, 0.2) is 0 Å². The molecule has 0 saturated carbocycles. The van der Waals surface area contributed by atoms with Crippen molar-refractivity contribution in [1.82, 2.24) is 4.90 Å². The molecule has 1 fully saturated rings. The molecule has 1 aliphatic rings. The van der Waals surface area contributed by atoms with Gasteiger partial charge in [0.1, 0.15) is 11.5 Å². The first kappa shape index (κ1) is 17.2. The first-order chi connectivity index (χ1) is 12.0. The SMILES string of the molecule is O=C(c1c(F)cccc1Cl)N1CCN(c2ccccc2[N+](=O)[O-])CC1. The second-order valence-corrected chi connectivity index (χ2v) is 6.03. The molecular weight excluding hydrogens is 349 g/mol. The fourth-order valence-electron chi connectivity index (χ4n) is 2.90. The smallest absolute Gasteiger partial charge is 0.292 e. The van der Waals surface area contributed by atoms with Gasteiger partial charge < -0.3 is 9.80 Å². The van der Waals surface area contributed by atoms with Crippen LogP contribution in [0.1, 0.15) is 10.4 Å². The van der Waals surface area contributed by atoms with E-state index < -0.39 is 16.6 Å². The summed E-state index contributed by atoms with van der Waals surface area (Å²) in [5.74, 6) is -1.12. The average Bonchev–Trinajstić information content (AvgIpc) is 2.61. The van der Waals surface area contributed by atoms with Gasteiger partial charge in [0.2, 0.25) is 0 Å². The number of nitro groups is 1. The van der Waals surface area contributed by atoms with E-state index in [0.717, 1.165) is 0 Å². The molecule has 1 aliphatic heterocycles. The molecule has 0 unspecified atom stereocenters. The highest BCUT2D eigenvalue weighted by Gasteiger charge is 2.28. The molecule has 3 rings (SSSR count). The number of nitrogens with zero attached hydrogens (tertiary/aromatic N) is 3. The lowest BCUT2D eigenvalue weighted by atomic mass is 10.1. The topological polar surface area (TPSA) is 66.7 Å². The summed E-state index contributed by atoms with van der Waals surface area (Å²) >= 11 is 5.95. The summed E-state index contributed by atoms with van der Waals surface area (Å²) in [7, 11) is 0. The summed E-state index contributed by atoms with van der Waals surface area (Å²) in [5, 5.41) is 11.2. The number of para-hydroxylation sites is 2. The zero-order valence-electron chi connectivity index (χ0n) is 13.2. The number of nitro benzene ring substituents is 1. The number of halogens is 2. The Balaban J connectivity index is 1.74. The standard InChI is InChI=1S/C17H15ClFN3O3/c18-12-4-3-5-13(19)16(12)17(23)21-10-8-20(9-11-21)14-6-1-2-7-15(14)22(24)25/h1-7H,8-11H2. The molecule has 1 heterocycles. The van der Waals surface area contributed by atoms with E-state index in [1.54, 1.807) is 18.2 Å². The number of rotatable bonds is 3. The molecule has 0 N–H and O–H groups in total. The fraction of sp³-hybridized carbons (Fsp3) is 0.235. The lowest BCUT2D eigenvalue weighted by Gasteiger charge is -2.36. The van der Waals surface area contributed by atoms with Crippen LogP contribution in [0.4, 0.5) is 15.8 Å². The van der Waals surface area contributed by atoms with Crippen LogP contribution in [0.3, 0.4) is 0 Å². The minimum atomic E-state index is -0.654. The van der Waals surface area contributed by atoms with Crippen molar-refractivity contribution in [3.63, 3.8) is 0 Å². The molecular formula is C17H15ClFN3O3. The Bertz CT molecular complexity index is 802. The highest BCUT2D eigenvalue weighted by Crippen LogP contribution is 2.29. The monoisotopic (exact) mass is 363 g/mol. The second kappa shape index (κ2) is 7.06. The van der Waals surface area contributed by atoms with E-state index in [-0.39, 0.29) is 16.3 Å². The molecule has 1 saturated heterocycles. The van der Waals surface area contributed by atoms with E-state index in [1.165, 1.54) is 29.2 Å². The molecule has 0 bridgehead atoms. The van der Waals surface area contributed by atoms with E-state index in [2.05, 4.69) is 0 Å². The average molecular weight is 364 g/mol. The van der Waals surface area contributed by atoms with Crippen molar-refractivity contribution in [2.75, 3.05) is 31.1 Å². The van der Waals surface area contributed by atoms with E-state index in [9.17, 15) is 19.3 Å². The Morgan fingerprint density at radius 2 is 1.76 bits per heavy atom. The maximum atomic E-state index is 13.9. The third-order valence-corrected chi connectivity index (χ3v) is 4.48. The normalized spacial score (nSPS) is 14.5. The summed E-state index contributed by atoms with van der Waals surface area (Å²) in [4.78, 5) is 26.6. The highest BCUT2D eigenvalue weighted by atomic mass is 35.5. The molecule has 0 aromatic heterocycles. The summed E-state index contributed by atoms with van der Waals surface area (Å²) in [6.07, 6.45) is 0. The number of hydrogen-bond donors (Lipinski definition) is 0. The molecule has 25 heavy (non-hydrogen) atoms. The number of carbonyl (C=O) groups is 1. The van der Waals surface area contributed by atoms with Crippen LogP contribution in [0.5, 0.6) is 0 Å². The molecule has 0 aliphatic carbocycles. The highest BCUT2D eigenvalue weighted by molar-refractivity contribution is 6.33. The first-order valence-corrected chi connectivity index (χ1v) is 8.08. The molecule has 1 amide bonds. The zero-order chi connectivity index (χ0) is 18.0. The van der Waals surface area contributed by atoms with Crippen LogP contribution in [-0.2, 0) is 0 Å². The largest absolute Gasteiger partial charge is 0.362 e. The van der Waals surface area contributed by atoms with Crippen molar-refractivity contribution in [1.29, 1.82) is 0 Å². The number of amides is 1. The lowest BCUT2D eigenvalue weighted by molar-refractivity contribution is -0.384. The van der Waals surface area contributed by atoms with Gasteiger partial charge in [-0.05, 0) is 18.2 Å². The summed E-state index contributed by atoms with van der Waals surface area (Å²) < 4.78 is 13.9. The first-order valence-electron chi connectivity index (χ1n) is 7.70. The Morgan fingerprint density at radius 1 is 1.08 bits per heavy atom. The molecule has 0 atom stereocenters. The van der Waals surface area contributed by atoms with Crippen molar-refractivity contribution in [2.24, 2.45) is 0 Å². The fourth-order valence-corrected chi connectivity index (χ4v) is 3.14. The maximum Gasteiger partial charge on any atom is 0.292 e. The Kier molecular flexibility index (Phi) is 4.85. The van der Waals surface area contributed by atoms with Crippen LogP contribution in [0, 0.1) is 15.9 Å². The van der Waals surface area contributed by atoms with Gasteiger partial charge in [-0.15, -0.1) is 0 Å².